The van der Waals surface area contributed by atoms with Crippen molar-refractivity contribution in [3.8, 4) is 0 Å². The maximum atomic E-state index is 11.9. The highest BCUT2D eigenvalue weighted by Gasteiger charge is 2.19. The molecule has 1 unspecified atom stereocenters. The fraction of sp³-hybridized carbons (Fsp3) is 0.545. The summed E-state index contributed by atoms with van der Waals surface area (Å²) in [5.41, 5.74) is -0.509. The van der Waals surface area contributed by atoms with Crippen molar-refractivity contribution in [2.24, 2.45) is 5.92 Å². The van der Waals surface area contributed by atoms with E-state index in [1.54, 1.807) is 0 Å². The fourth-order valence-corrected chi connectivity index (χ4v) is 3.00. The molecule has 1 fully saturated rings. The van der Waals surface area contributed by atoms with Gasteiger partial charge in [-0.1, -0.05) is 0 Å². The number of rotatable bonds is 5. The lowest BCUT2D eigenvalue weighted by atomic mass is 10.1. The zero-order valence-electron chi connectivity index (χ0n) is 9.89. The summed E-state index contributed by atoms with van der Waals surface area (Å²) in [6.07, 6.45) is 4.29. The number of hydrogen-bond acceptors (Lipinski definition) is 4. The number of nitrogens with one attached hydrogen (secondary N) is 2. The molecule has 1 atom stereocenters. The van der Waals surface area contributed by atoms with Gasteiger partial charge in [-0.05, 0) is 18.8 Å². The Morgan fingerprint density at radius 3 is 3.00 bits per heavy atom. The van der Waals surface area contributed by atoms with Crippen LogP contribution in [0.2, 0.25) is 0 Å². The minimum Gasteiger partial charge on any atom is -0.381 e. The van der Waals surface area contributed by atoms with Crippen molar-refractivity contribution in [1.82, 2.24) is 9.71 Å². The van der Waals surface area contributed by atoms with E-state index in [0.717, 1.165) is 19.4 Å². The van der Waals surface area contributed by atoms with Gasteiger partial charge in [0.25, 0.3) is 0 Å². The van der Waals surface area contributed by atoms with Crippen molar-refractivity contribution in [3.63, 3.8) is 0 Å². The van der Waals surface area contributed by atoms with Gasteiger partial charge in [-0.15, -0.1) is 0 Å². The van der Waals surface area contributed by atoms with Crippen molar-refractivity contribution < 1.29 is 13.2 Å². The quantitative estimate of drug-likeness (QED) is 0.794. The molecule has 1 aliphatic rings. The first kappa shape index (κ1) is 13.3. The smallest absolute Gasteiger partial charge is 0.245 e. The van der Waals surface area contributed by atoms with Gasteiger partial charge in [-0.3, -0.25) is 4.79 Å². The van der Waals surface area contributed by atoms with Crippen molar-refractivity contribution in [3.05, 3.63) is 28.7 Å². The molecule has 0 radical (unpaired) electrons. The number of sulfonamides is 1. The van der Waals surface area contributed by atoms with Crippen molar-refractivity contribution in [2.75, 3.05) is 19.8 Å². The van der Waals surface area contributed by atoms with E-state index in [1.807, 2.05) is 0 Å². The Bertz CT molecular complexity index is 546. The third-order valence-electron chi connectivity index (χ3n) is 2.95. The van der Waals surface area contributed by atoms with Crippen LogP contribution in [0, 0.1) is 5.92 Å². The molecule has 2 heterocycles. The molecule has 1 saturated heterocycles. The molecule has 0 aliphatic carbocycles. The Balaban J connectivity index is 1.95. The Morgan fingerprint density at radius 2 is 2.33 bits per heavy atom. The molecule has 1 aliphatic heterocycles. The predicted octanol–water partition coefficient (Wildman–Crippen LogP) is 0.0798. The van der Waals surface area contributed by atoms with Crippen LogP contribution < -0.4 is 10.2 Å². The third-order valence-corrected chi connectivity index (χ3v) is 4.43. The maximum Gasteiger partial charge on any atom is 0.245 e. The monoisotopic (exact) mass is 272 g/mol. The van der Waals surface area contributed by atoms with Crippen LogP contribution in [0.4, 0.5) is 0 Å². The molecule has 1 aromatic rings. The summed E-state index contributed by atoms with van der Waals surface area (Å²) in [6.45, 7) is 1.76. The van der Waals surface area contributed by atoms with E-state index in [-0.39, 0.29) is 4.90 Å². The van der Waals surface area contributed by atoms with Crippen molar-refractivity contribution in [1.29, 1.82) is 0 Å². The molecule has 7 heteroatoms. The van der Waals surface area contributed by atoms with E-state index >= 15 is 0 Å². The summed E-state index contributed by atoms with van der Waals surface area (Å²) < 4.78 is 31.4. The van der Waals surface area contributed by atoms with E-state index < -0.39 is 15.5 Å². The van der Waals surface area contributed by atoms with Gasteiger partial charge in [0.2, 0.25) is 15.5 Å². The molecule has 2 rings (SSSR count). The second-order valence-electron chi connectivity index (χ2n) is 4.29. The van der Waals surface area contributed by atoms with Crippen LogP contribution in [0.25, 0.3) is 0 Å². The zero-order valence-corrected chi connectivity index (χ0v) is 10.7. The predicted molar refractivity (Wildman–Crippen MR) is 65.8 cm³/mol. The Labute approximate surface area is 105 Å². The first-order chi connectivity index (χ1) is 8.59. The van der Waals surface area contributed by atoms with E-state index in [0.29, 0.717) is 19.1 Å². The highest BCUT2D eigenvalue weighted by Crippen LogP contribution is 2.15. The molecule has 100 valence electrons. The van der Waals surface area contributed by atoms with Crippen LogP contribution in [0.3, 0.4) is 0 Å². The Hall–Kier alpha value is -1.18. The summed E-state index contributed by atoms with van der Waals surface area (Å²) in [4.78, 5) is 13.8. The SMILES string of the molecule is O=c1cc[nH]cc1S(=O)(=O)NCCC1CCOC1. The standard InChI is InChI=1S/C11H16N2O4S/c14-10-2-4-12-7-11(10)18(15,16)13-5-1-9-3-6-17-8-9/h2,4,7,9,13H,1,3,5-6,8H2,(H,12,14). The van der Waals surface area contributed by atoms with E-state index in [1.165, 1.54) is 18.5 Å². The summed E-state index contributed by atoms with van der Waals surface area (Å²) in [5.74, 6) is 0.404. The van der Waals surface area contributed by atoms with Gasteiger partial charge in [-0.25, -0.2) is 13.1 Å². The van der Waals surface area contributed by atoms with E-state index in [2.05, 4.69) is 9.71 Å². The molecule has 1 aromatic heterocycles. The van der Waals surface area contributed by atoms with Crippen molar-refractivity contribution >= 4 is 10.0 Å². The fourth-order valence-electron chi connectivity index (χ4n) is 1.90. The number of hydrogen-bond donors (Lipinski definition) is 2. The number of ether oxygens (including phenoxy) is 1. The number of H-pyrrole nitrogens is 1. The van der Waals surface area contributed by atoms with Gasteiger partial charge in [0.15, 0.2) is 0 Å². The molecule has 0 saturated carbocycles. The zero-order chi connectivity index (χ0) is 13.0. The minimum absolute atomic E-state index is 0.243. The average Bonchev–Trinajstić information content (AvgIpc) is 2.82. The summed E-state index contributed by atoms with van der Waals surface area (Å²) in [5, 5.41) is 0. The van der Waals surface area contributed by atoms with Crippen LogP contribution in [-0.2, 0) is 14.8 Å². The molecule has 0 bridgehead atoms. The van der Waals surface area contributed by atoms with Crippen LogP contribution in [0.5, 0.6) is 0 Å². The molecular formula is C11H16N2O4S. The van der Waals surface area contributed by atoms with Crippen LogP contribution >= 0.6 is 0 Å². The van der Waals surface area contributed by atoms with Gasteiger partial charge in [0.1, 0.15) is 4.90 Å². The number of pyridine rings is 1. The molecule has 0 aromatic carbocycles. The lowest BCUT2D eigenvalue weighted by Gasteiger charge is -2.08. The summed E-state index contributed by atoms with van der Waals surface area (Å²) in [6, 6.07) is 1.19. The highest BCUT2D eigenvalue weighted by atomic mass is 32.2. The van der Waals surface area contributed by atoms with Gasteiger partial charge in [0, 0.05) is 38.2 Å². The summed E-state index contributed by atoms with van der Waals surface area (Å²) in [7, 11) is -3.72. The first-order valence-corrected chi connectivity index (χ1v) is 7.32. The van der Waals surface area contributed by atoms with Gasteiger partial charge >= 0.3 is 0 Å². The van der Waals surface area contributed by atoms with Gasteiger partial charge in [0.05, 0.1) is 0 Å². The second-order valence-corrected chi connectivity index (χ2v) is 6.02. The topological polar surface area (TPSA) is 88.3 Å². The maximum absolute atomic E-state index is 11.9. The normalized spacial score (nSPS) is 20.1. The van der Waals surface area contributed by atoms with E-state index in [4.69, 9.17) is 4.74 Å². The average molecular weight is 272 g/mol. The second kappa shape index (κ2) is 5.64. The molecular weight excluding hydrogens is 256 g/mol. The lowest BCUT2D eigenvalue weighted by molar-refractivity contribution is 0.184. The van der Waals surface area contributed by atoms with E-state index in [9.17, 15) is 13.2 Å². The Morgan fingerprint density at radius 1 is 1.50 bits per heavy atom. The minimum atomic E-state index is -3.72. The molecule has 0 spiro atoms. The molecule has 18 heavy (non-hydrogen) atoms. The highest BCUT2D eigenvalue weighted by molar-refractivity contribution is 7.89. The van der Waals surface area contributed by atoms with Gasteiger partial charge < -0.3 is 9.72 Å². The molecule has 6 nitrogen and oxygen atoms in total. The lowest BCUT2D eigenvalue weighted by Crippen LogP contribution is -2.30. The van der Waals surface area contributed by atoms with Crippen LogP contribution in [0.15, 0.2) is 28.2 Å². The van der Waals surface area contributed by atoms with Crippen molar-refractivity contribution in [2.45, 2.75) is 17.7 Å². The third kappa shape index (κ3) is 3.18. The number of aromatic nitrogens is 1. The summed E-state index contributed by atoms with van der Waals surface area (Å²) >= 11 is 0. The van der Waals surface area contributed by atoms with Crippen LogP contribution in [-0.4, -0.2) is 33.2 Å². The largest absolute Gasteiger partial charge is 0.381 e. The first-order valence-electron chi connectivity index (χ1n) is 5.84. The molecule has 2 N–H and O–H groups in total. The van der Waals surface area contributed by atoms with Crippen LogP contribution in [0.1, 0.15) is 12.8 Å². The number of aromatic amines is 1. The Kier molecular flexibility index (Phi) is 4.15. The van der Waals surface area contributed by atoms with Gasteiger partial charge in [-0.2, -0.15) is 0 Å². The molecule has 0 amide bonds.